The molecule has 0 radical (unpaired) electrons. The molecule has 0 saturated carbocycles. The molecular weight excluding hydrogens is 338 g/mol. The van der Waals surface area contributed by atoms with Crippen molar-refractivity contribution in [2.45, 2.75) is 32.9 Å². The summed E-state index contributed by atoms with van der Waals surface area (Å²) in [5.74, 6) is 0.907. The first-order chi connectivity index (χ1) is 13.2. The van der Waals surface area contributed by atoms with Gasteiger partial charge in [0.15, 0.2) is 0 Å². The molecular formula is C22H25N3O2. The van der Waals surface area contributed by atoms with E-state index >= 15 is 0 Å². The van der Waals surface area contributed by atoms with E-state index in [1.165, 1.54) is 5.56 Å². The van der Waals surface area contributed by atoms with E-state index in [4.69, 9.17) is 4.74 Å². The van der Waals surface area contributed by atoms with Crippen molar-refractivity contribution in [3.63, 3.8) is 0 Å². The van der Waals surface area contributed by atoms with Gasteiger partial charge in [0.25, 0.3) is 0 Å². The zero-order valence-electron chi connectivity index (χ0n) is 15.6. The maximum atomic E-state index is 12.2. The number of ether oxygens (including phenoxy) is 1. The normalized spacial score (nSPS) is 10.6. The van der Waals surface area contributed by atoms with E-state index in [1.807, 2.05) is 42.0 Å². The highest BCUT2D eigenvalue weighted by Crippen LogP contribution is 2.19. The number of amides is 1. The highest BCUT2D eigenvalue weighted by Gasteiger charge is 2.07. The van der Waals surface area contributed by atoms with Crippen molar-refractivity contribution in [1.82, 2.24) is 14.9 Å². The number of para-hydroxylation sites is 1. The zero-order valence-corrected chi connectivity index (χ0v) is 15.6. The van der Waals surface area contributed by atoms with Crippen LogP contribution in [-0.2, 0) is 24.3 Å². The molecule has 0 aliphatic rings. The molecule has 3 aromatic rings. The van der Waals surface area contributed by atoms with Crippen LogP contribution in [0, 0.1) is 0 Å². The molecule has 0 fully saturated rings. The molecule has 0 saturated heterocycles. The zero-order chi connectivity index (χ0) is 18.9. The number of imidazole rings is 1. The van der Waals surface area contributed by atoms with Crippen molar-refractivity contribution in [3.05, 3.63) is 83.9 Å². The van der Waals surface area contributed by atoms with E-state index < -0.39 is 0 Å². The number of nitrogens with zero attached hydrogens (tertiary/aromatic N) is 2. The minimum atomic E-state index is 0.0452. The Kier molecular flexibility index (Phi) is 6.63. The van der Waals surface area contributed by atoms with Gasteiger partial charge in [-0.3, -0.25) is 4.79 Å². The molecule has 1 aromatic heterocycles. The number of carbonyl (C=O) groups is 1. The maximum Gasteiger partial charge on any atom is 0.220 e. The van der Waals surface area contributed by atoms with Crippen LogP contribution in [0.4, 0.5) is 0 Å². The summed E-state index contributed by atoms with van der Waals surface area (Å²) in [6.07, 6.45) is 6.64. The monoisotopic (exact) mass is 363 g/mol. The van der Waals surface area contributed by atoms with Crippen LogP contribution < -0.4 is 10.1 Å². The topological polar surface area (TPSA) is 56.1 Å². The molecule has 0 bridgehead atoms. The first-order valence-corrected chi connectivity index (χ1v) is 9.25. The number of hydrogen-bond donors (Lipinski definition) is 1. The molecule has 1 amide bonds. The highest BCUT2D eigenvalue weighted by molar-refractivity contribution is 5.76. The second-order valence-corrected chi connectivity index (χ2v) is 6.37. The fourth-order valence-electron chi connectivity index (χ4n) is 2.90. The third-order valence-corrected chi connectivity index (χ3v) is 4.33. The molecule has 0 atom stereocenters. The van der Waals surface area contributed by atoms with Crippen molar-refractivity contribution in [1.29, 1.82) is 0 Å². The lowest BCUT2D eigenvalue weighted by molar-refractivity contribution is -0.121. The van der Waals surface area contributed by atoms with Gasteiger partial charge in [-0.25, -0.2) is 4.98 Å². The van der Waals surface area contributed by atoms with E-state index in [0.717, 1.165) is 23.4 Å². The van der Waals surface area contributed by atoms with Gasteiger partial charge in [0, 0.05) is 31.9 Å². The van der Waals surface area contributed by atoms with Crippen molar-refractivity contribution in [2.24, 2.45) is 0 Å². The molecule has 3 rings (SSSR count). The quantitative estimate of drug-likeness (QED) is 0.632. The minimum absolute atomic E-state index is 0.0452. The molecule has 0 unspecified atom stereocenters. The Balaban J connectivity index is 1.45. The van der Waals surface area contributed by atoms with Gasteiger partial charge in [-0.1, -0.05) is 42.5 Å². The fraction of sp³-hybridized carbons (Fsp3) is 0.273. The third kappa shape index (κ3) is 5.71. The Hall–Kier alpha value is -3.08. The largest absolute Gasteiger partial charge is 0.494 e. The van der Waals surface area contributed by atoms with Crippen LogP contribution in [-0.4, -0.2) is 22.1 Å². The number of rotatable bonds is 9. The standard InChI is InChI=1S/C22H25N3O2/c1-2-27-21-6-4-3-5-20(21)11-12-22(26)24-15-18-7-9-19(10-8-18)16-25-14-13-23-17-25/h3-10,13-14,17H,2,11-12,15-16H2,1H3,(H,24,26). The third-order valence-electron chi connectivity index (χ3n) is 4.33. The average molecular weight is 363 g/mol. The van der Waals surface area contributed by atoms with Crippen molar-refractivity contribution in [2.75, 3.05) is 6.61 Å². The van der Waals surface area contributed by atoms with Crippen LogP contribution in [0.5, 0.6) is 5.75 Å². The Labute approximate surface area is 160 Å². The summed E-state index contributed by atoms with van der Waals surface area (Å²) in [6.45, 7) is 3.92. The maximum absolute atomic E-state index is 12.2. The van der Waals surface area contributed by atoms with E-state index in [1.54, 1.807) is 12.5 Å². The average Bonchev–Trinajstić information content (AvgIpc) is 3.20. The molecule has 1 heterocycles. The fourth-order valence-corrected chi connectivity index (χ4v) is 2.90. The second-order valence-electron chi connectivity index (χ2n) is 6.37. The summed E-state index contributed by atoms with van der Waals surface area (Å²) in [4.78, 5) is 16.2. The van der Waals surface area contributed by atoms with Gasteiger partial charge in [0.05, 0.1) is 12.9 Å². The number of hydrogen-bond acceptors (Lipinski definition) is 3. The first-order valence-electron chi connectivity index (χ1n) is 9.25. The van der Waals surface area contributed by atoms with E-state index in [0.29, 0.717) is 26.0 Å². The predicted octanol–water partition coefficient (Wildman–Crippen LogP) is 3.58. The lowest BCUT2D eigenvalue weighted by Crippen LogP contribution is -2.23. The highest BCUT2D eigenvalue weighted by atomic mass is 16.5. The van der Waals surface area contributed by atoms with Crippen LogP contribution in [0.2, 0.25) is 0 Å². The second kappa shape index (κ2) is 9.57. The molecule has 27 heavy (non-hydrogen) atoms. The SMILES string of the molecule is CCOc1ccccc1CCC(=O)NCc1ccc(Cn2ccnc2)cc1. The summed E-state index contributed by atoms with van der Waals surface area (Å²) in [6, 6.07) is 16.2. The summed E-state index contributed by atoms with van der Waals surface area (Å²) in [7, 11) is 0. The Morgan fingerprint density at radius 2 is 1.89 bits per heavy atom. The lowest BCUT2D eigenvalue weighted by Gasteiger charge is -2.10. The summed E-state index contributed by atoms with van der Waals surface area (Å²) in [5, 5.41) is 2.99. The number of carbonyl (C=O) groups excluding carboxylic acids is 1. The molecule has 5 nitrogen and oxygen atoms in total. The van der Waals surface area contributed by atoms with E-state index in [-0.39, 0.29) is 5.91 Å². The van der Waals surface area contributed by atoms with Crippen molar-refractivity contribution >= 4 is 5.91 Å². The Bertz CT molecular complexity index is 842. The summed E-state index contributed by atoms with van der Waals surface area (Å²) < 4.78 is 7.63. The van der Waals surface area contributed by atoms with Crippen LogP contribution in [0.1, 0.15) is 30.0 Å². The number of nitrogens with one attached hydrogen (secondary N) is 1. The lowest BCUT2D eigenvalue weighted by atomic mass is 10.1. The smallest absolute Gasteiger partial charge is 0.220 e. The number of benzene rings is 2. The molecule has 1 N–H and O–H groups in total. The van der Waals surface area contributed by atoms with Gasteiger partial charge in [0.1, 0.15) is 5.75 Å². The van der Waals surface area contributed by atoms with Gasteiger partial charge in [0.2, 0.25) is 5.91 Å². The molecule has 140 valence electrons. The Morgan fingerprint density at radius 3 is 2.63 bits per heavy atom. The van der Waals surface area contributed by atoms with Gasteiger partial charge >= 0.3 is 0 Å². The summed E-state index contributed by atoms with van der Waals surface area (Å²) >= 11 is 0. The molecule has 5 heteroatoms. The van der Waals surface area contributed by atoms with Crippen LogP contribution >= 0.6 is 0 Å². The van der Waals surface area contributed by atoms with Gasteiger partial charge in [-0.2, -0.15) is 0 Å². The van der Waals surface area contributed by atoms with Crippen LogP contribution in [0.3, 0.4) is 0 Å². The molecule has 0 aliphatic heterocycles. The van der Waals surface area contributed by atoms with Gasteiger partial charge in [-0.15, -0.1) is 0 Å². The van der Waals surface area contributed by atoms with Crippen molar-refractivity contribution in [3.8, 4) is 5.75 Å². The number of aromatic nitrogens is 2. The summed E-state index contributed by atoms with van der Waals surface area (Å²) in [5.41, 5.74) is 3.36. The van der Waals surface area contributed by atoms with Crippen LogP contribution in [0.15, 0.2) is 67.3 Å². The van der Waals surface area contributed by atoms with E-state index in [9.17, 15) is 4.79 Å². The van der Waals surface area contributed by atoms with Gasteiger partial charge in [-0.05, 0) is 36.1 Å². The van der Waals surface area contributed by atoms with E-state index in [2.05, 4.69) is 34.6 Å². The van der Waals surface area contributed by atoms with Gasteiger partial charge < -0.3 is 14.6 Å². The minimum Gasteiger partial charge on any atom is -0.494 e. The first kappa shape index (κ1) is 18.7. The van der Waals surface area contributed by atoms with Crippen molar-refractivity contribution < 1.29 is 9.53 Å². The molecule has 2 aromatic carbocycles. The molecule has 0 aliphatic carbocycles. The Morgan fingerprint density at radius 1 is 1.11 bits per heavy atom. The van der Waals surface area contributed by atoms with Crippen LogP contribution in [0.25, 0.3) is 0 Å². The molecule has 0 spiro atoms. The predicted molar refractivity (Wildman–Crippen MR) is 106 cm³/mol. The number of aryl methyl sites for hydroxylation is 1.